The molecular weight excluding hydrogens is 282 g/mol. The monoisotopic (exact) mass is 315 g/mol. The third kappa shape index (κ3) is 6.46. The van der Waals surface area contributed by atoms with E-state index in [-0.39, 0.29) is 0 Å². The fourth-order valence-electron chi connectivity index (χ4n) is 2.35. The van der Waals surface area contributed by atoms with Crippen molar-refractivity contribution in [2.75, 3.05) is 13.1 Å². The van der Waals surface area contributed by atoms with Gasteiger partial charge < -0.3 is 13.8 Å². The number of nitrogens with zero attached hydrogens (tertiary/aromatic N) is 1. The van der Waals surface area contributed by atoms with Gasteiger partial charge in [0.05, 0.1) is 0 Å². The topological polar surface area (TPSA) is 21.7 Å². The van der Waals surface area contributed by atoms with Crippen molar-refractivity contribution in [3.63, 3.8) is 0 Å². The largest absolute Gasteiger partial charge is 0.545 e. The second-order valence-electron chi connectivity index (χ2n) is 7.90. The van der Waals surface area contributed by atoms with Crippen LogP contribution in [0.3, 0.4) is 0 Å². The molecule has 1 rings (SSSR count). The number of hydrogen-bond acceptors (Lipinski definition) is 3. The van der Waals surface area contributed by atoms with Gasteiger partial charge in [-0.25, -0.2) is 0 Å². The Bertz CT molecular complexity index is 324. The first-order valence-electron chi connectivity index (χ1n) is 7.82. The van der Waals surface area contributed by atoms with Gasteiger partial charge in [-0.15, -0.1) is 0 Å². The lowest BCUT2D eigenvalue weighted by atomic mass is 10.3. The van der Waals surface area contributed by atoms with E-state index in [9.17, 15) is 0 Å². The van der Waals surface area contributed by atoms with Gasteiger partial charge in [0, 0.05) is 32.0 Å². The van der Waals surface area contributed by atoms with Crippen molar-refractivity contribution in [2.45, 2.75) is 72.0 Å². The molecule has 0 radical (unpaired) electrons. The molecule has 0 amide bonds. The van der Waals surface area contributed by atoms with Crippen LogP contribution < -0.4 is 0 Å². The van der Waals surface area contributed by atoms with E-state index in [1.54, 1.807) is 0 Å². The fraction of sp³-hybridized carbons (Fsp3) is 0.867. The van der Waals surface area contributed by atoms with Gasteiger partial charge in [0.25, 0.3) is 0 Å². The molecule has 0 fully saturated rings. The van der Waals surface area contributed by atoms with Crippen molar-refractivity contribution in [1.29, 1.82) is 0 Å². The Kier molecular flexibility index (Phi) is 5.93. The van der Waals surface area contributed by atoms with Crippen LogP contribution >= 0.6 is 0 Å². The van der Waals surface area contributed by atoms with Crippen LogP contribution in [0.2, 0.25) is 39.3 Å². The summed E-state index contributed by atoms with van der Waals surface area (Å²) in [6, 6.07) is 0.592. The van der Waals surface area contributed by atoms with Crippen molar-refractivity contribution in [3.8, 4) is 0 Å². The minimum absolute atomic E-state index is 0.592. The van der Waals surface area contributed by atoms with Gasteiger partial charge in [-0.05, 0) is 53.1 Å². The second-order valence-corrected chi connectivity index (χ2v) is 16.8. The Morgan fingerprint density at radius 3 is 1.40 bits per heavy atom. The summed E-state index contributed by atoms with van der Waals surface area (Å²) in [5, 5.41) is 0. The minimum atomic E-state index is -1.57. The lowest BCUT2D eigenvalue weighted by molar-refractivity contribution is 0.224. The first-order valence-corrected chi connectivity index (χ1v) is 14.6. The van der Waals surface area contributed by atoms with Crippen LogP contribution in [0.25, 0.3) is 0 Å². The number of hydrogen-bond donors (Lipinski definition) is 0. The van der Waals surface area contributed by atoms with Gasteiger partial charge in [-0.2, -0.15) is 0 Å². The normalized spacial score (nSPS) is 19.2. The van der Waals surface area contributed by atoms with E-state index < -0.39 is 16.6 Å². The van der Waals surface area contributed by atoms with Crippen LogP contribution in [0, 0.1) is 0 Å². The van der Waals surface area contributed by atoms with Crippen molar-refractivity contribution in [3.05, 3.63) is 11.5 Å². The smallest absolute Gasteiger partial charge is 0.241 e. The molecule has 20 heavy (non-hydrogen) atoms. The third-order valence-electron chi connectivity index (χ3n) is 3.15. The van der Waals surface area contributed by atoms with Gasteiger partial charge in [0.15, 0.2) is 0 Å². The maximum atomic E-state index is 6.33. The Balaban J connectivity index is 2.91. The first-order chi connectivity index (χ1) is 8.98. The quantitative estimate of drug-likeness (QED) is 0.702. The Morgan fingerprint density at radius 1 is 0.800 bits per heavy atom. The summed E-state index contributed by atoms with van der Waals surface area (Å²) in [5.74, 6) is 2.27. The third-order valence-corrected chi connectivity index (χ3v) is 4.87. The first kappa shape index (κ1) is 17.8. The summed E-state index contributed by atoms with van der Waals surface area (Å²) in [6.07, 6.45) is 1.98. The molecule has 0 saturated carbocycles. The summed E-state index contributed by atoms with van der Waals surface area (Å²) in [5.41, 5.74) is 0. The van der Waals surface area contributed by atoms with Crippen LogP contribution in [0.4, 0.5) is 0 Å². The molecule has 1 aliphatic rings. The van der Waals surface area contributed by atoms with E-state index in [2.05, 4.69) is 58.0 Å². The lowest BCUT2D eigenvalue weighted by Crippen LogP contribution is -2.32. The highest BCUT2D eigenvalue weighted by Crippen LogP contribution is 2.27. The molecule has 0 aromatic carbocycles. The highest BCUT2D eigenvalue weighted by Gasteiger charge is 2.27. The van der Waals surface area contributed by atoms with Crippen molar-refractivity contribution in [1.82, 2.24) is 4.90 Å². The molecule has 0 saturated heterocycles. The second kappa shape index (κ2) is 6.66. The highest BCUT2D eigenvalue weighted by atomic mass is 28.4. The molecule has 1 aliphatic heterocycles. The maximum absolute atomic E-state index is 6.33. The van der Waals surface area contributed by atoms with Crippen molar-refractivity contribution in [2.24, 2.45) is 0 Å². The highest BCUT2D eigenvalue weighted by molar-refractivity contribution is 6.70. The molecule has 1 heterocycles. The van der Waals surface area contributed by atoms with Gasteiger partial charge in [-0.3, -0.25) is 0 Å². The molecule has 0 atom stereocenters. The molecule has 0 spiro atoms. The Hall–Kier alpha value is -0.266. The molecule has 0 bridgehead atoms. The van der Waals surface area contributed by atoms with E-state index in [0.717, 1.165) is 37.4 Å². The van der Waals surface area contributed by atoms with Crippen LogP contribution in [0.1, 0.15) is 26.7 Å². The van der Waals surface area contributed by atoms with Gasteiger partial charge in [0.2, 0.25) is 16.6 Å². The molecule has 3 nitrogen and oxygen atoms in total. The summed E-state index contributed by atoms with van der Waals surface area (Å²) >= 11 is 0. The summed E-state index contributed by atoms with van der Waals surface area (Å²) < 4.78 is 12.7. The molecule has 0 unspecified atom stereocenters. The summed E-state index contributed by atoms with van der Waals surface area (Å²) in [6.45, 7) is 20.2. The fourth-order valence-corrected chi connectivity index (χ4v) is 4.26. The van der Waals surface area contributed by atoms with Crippen LogP contribution in [0.15, 0.2) is 11.5 Å². The van der Waals surface area contributed by atoms with Crippen LogP contribution in [-0.4, -0.2) is 40.7 Å². The predicted molar refractivity (Wildman–Crippen MR) is 91.8 cm³/mol. The van der Waals surface area contributed by atoms with Gasteiger partial charge >= 0.3 is 0 Å². The van der Waals surface area contributed by atoms with E-state index in [1.807, 2.05) is 0 Å². The van der Waals surface area contributed by atoms with Crippen LogP contribution in [-0.2, 0) is 8.85 Å². The zero-order chi connectivity index (χ0) is 15.6. The van der Waals surface area contributed by atoms with Gasteiger partial charge in [-0.1, -0.05) is 0 Å². The molecule has 0 aromatic rings. The lowest BCUT2D eigenvalue weighted by Gasteiger charge is -2.27. The zero-order valence-corrected chi connectivity index (χ0v) is 16.7. The molecule has 5 heteroatoms. The summed E-state index contributed by atoms with van der Waals surface area (Å²) in [7, 11) is -3.15. The maximum Gasteiger partial charge on any atom is 0.241 e. The standard InChI is InChI=1S/C15H33NO2Si2/c1-13(2)16-11-9-14(17-19(3,4)5)15(10-12-16)18-20(6,7)8/h13H,9-12H2,1-8H3. The van der Waals surface area contributed by atoms with Crippen LogP contribution in [0.5, 0.6) is 0 Å². The molecule has 0 aromatic heterocycles. The van der Waals surface area contributed by atoms with E-state index in [4.69, 9.17) is 8.85 Å². The SMILES string of the molecule is CC(C)N1CCC(O[Si](C)(C)C)=C(O[Si](C)(C)C)CC1. The van der Waals surface area contributed by atoms with E-state index in [1.165, 1.54) is 0 Å². The van der Waals surface area contributed by atoms with Crippen molar-refractivity contribution < 1.29 is 8.85 Å². The Labute approximate surface area is 127 Å². The predicted octanol–water partition coefficient (Wildman–Crippen LogP) is 4.41. The summed E-state index contributed by atoms with van der Waals surface area (Å²) in [4.78, 5) is 2.52. The Morgan fingerprint density at radius 2 is 1.15 bits per heavy atom. The minimum Gasteiger partial charge on any atom is -0.545 e. The van der Waals surface area contributed by atoms with E-state index >= 15 is 0 Å². The molecule has 0 N–H and O–H groups in total. The average molecular weight is 316 g/mol. The molecule has 118 valence electrons. The average Bonchev–Trinajstić information content (AvgIpc) is 2.38. The number of rotatable bonds is 5. The van der Waals surface area contributed by atoms with Crippen molar-refractivity contribution >= 4 is 16.6 Å². The van der Waals surface area contributed by atoms with E-state index in [0.29, 0.717) is 6.04 Å². The molecular formula is C15H33NO2Si2. The molecule has 0 aliphatic carbocycles. The van der Waals surface area contributed by atoms with Gasteiger partial charge in [0.1, 0.15) is 11.5 Å². The zero-order valence-electron chi connectivity index (χ0n) is 14.7.